The minimum atomic E-state index is -3.86. The summed E-state index contributed by atoms with van der Waals surface area (Å²) < 4.78 is 49.2. The van der Waals surface area contributed by atoms with Gasteiger partial charge in [0.25, 0.3) is 10.0 Å². The summed E-state index contributed by atoms with van der Waals surface area (Å²) >= 11 is 3.10. The number of aryl methyl sites for hydroxylation is 1. The Hall–Kier alpha value is -1.43. The zero-order valence-corrected chi connectivity index (χ0v) is 13.9. The number of aromatic amines is 1. The highest BCUT2D eigenvalue weighted by molar-refractivity contribution is 9.10. The SMILES string of the molecule is Cc1ncc(S(=O)(=O)Nc2ccc(S(N)(=O)=O)cc2Br)[nH]1. The number of hydrogen-bond donors (Lipinski definition) is 3. The van der Waals surface area contributed by atoms with E-state index in [9.17, 15) is 16.8 Å². The first-order valence-corrected chi connectivity index (χ1v) is 9.28. The number of primary sulfonamides is 1. The molecular weight excluding hydrogens is 384 g/mol. The Kier molecular flexibility index (Phi) is 4.10. The number of aromatic nitrogens is 2. The van der Waals surface area contributed by atoms with E-state index in [4.69, 9.17) is 5.14 Å². The fraction of sp³-hybridized carbons (Fsp3) is 0.100. The third kappa shape index (κ3) is 3.61. The van der Waals surface area contributed by atoms with Gasteiger partial charge in [0, 0.05) is 4.47 Å². The highest BCUT2D eigenvalue weighted by Gasteiger charge is 2.19. The fourth-order valence-electron chi connectivity index (χ4n) is 1.49. The van der Waals surface area contributed by atoms with Gasteiger partial charge in [0.1, 0.15) is 5.82 Å². The number of rotatable bonds is 4. The topological polar surface area (TPSA) is 135 Å². The molecule has 0 saturated carbocycles. The highest BCUT2D eigenvalue weighted by Crippen LogP contribution is 2.27. The van der Waals surface area contributed by atoms with Crippen LogP contribution in [0.2, 0.25) is 0 Å². The summed E-state index contributed by atoms with van der Waals surface area (Å²) in [6, 6.07) is 3.71. The van der Waals surface area contributed by atoms with Crippen molar-refractivity contribution in [2.75, 3.05) is 4.72 Å². The molecule has 1 aromatic carbocycles. The van der Waals surface area contributed by atoms with Gasteiger partial charge in [-0.25, -0.2) is 18.5 Å². The number of nitrogens with one attached hydrogen (secondary N) is 2. The summed E-state index contributed by atoms with van der Waals surface area (Å²) in [7, 11) is -7.70. The second-order valence-corrected chi connectivity index (χ2v) is 8.19. The van der Waals surface area contributed by atoms with Crippen molar-refractivity contribution in [2.45, 2.75) is 16.8 Å². The molecule has 0 saturated heterocycles. The number of nitrogens with two attached hydrogens (primary N) is 1. The molecule has 0 bridgehead atoms. The zero-order chi connectivity index (χ0) is 15.8. The van der Waals surface area contributed by atoms with Crippen LogP contribution >= 0.6 is 15.9 Å². The van der Waals surface area contributed by atoms with Gasteiger partial charge in [-0.05, 0) is 41.1 Å². The van der Waals surface area contributed by atoms with Gasteiger partial charge in [-0.15, -0.1) is 0 Å². The van der Waals surface area contributed by atoms with Crippen molar-refractivity contribution < 1.29 is 16.8 Å². The molecule has 8 nitrogen and oxygen atoms in total. The Balaban J connectivity index is 2.36. The van der Waals surface area contributed by atoms with E-state index in [1.807, 2.05) is 0 Å². The van der Waals surface area contributed by atoms with Gasteiger partial charge in [0.05, 0.1) is 16.8 Å². The van der Waals surface area contributed by atoms with Crippen molar-refractivity contribution in [3.05, 3.63) is 34.7 Å². The lowest BCUT2D eigenvalue weighted by atomic mass is 10.3. The predicted octanol–water partition coefficient (Wildman–Crippen LogP) is 0.929. The van der Waals surface area contributed by atoms with E-state index in [1.165, 1.54) is 24.4 Å². The predicted molar refractivity (Wildman–Crippen MR) is 79.6 cm³/mol. The maximum absolute atomic E-state index is 12.1. The lowest BCUT2D eigenvalue weighted by Crippen LogP contribution is -2.15. The van der Waals surface area contributed by atoms with Gasteiger partial charge < -0.3 is 4.98 Å². The lowest BCUT2D eigenvalue weighted by Gasteiger charge is -2.09. The lowest BCUT2D eigenvalue weighted by molar-refractivity contribution is 0.596. The summed E-state index contributed by atoms with van der Waals surface area (Å²) in [5.41, 5.74) is 0.176. The Bertz CT molecular complexity index is 890. The van der Waals surface area contributed by atoms with E-state index in [0.29, 0.717) is 5.82 Å². The number of benzene rings is 1. The molecule has 2 rings (SSSR count). The van der Waals surface area contributed by atoms with Crippen molar-refractivity contribution in [1.29, 1.82) is 0 Å². The average molecular weight is 395 g/mol. The minimum Gasteiger partial charge on any atom is -0.332 e. The van der Waals surface area contributed by atoms with Crippen molar-refractivity contribution in [2.24, 2.45) is 5.14 Å². The molecule has 11 heteroatoms. The van der Waals surface area contributed by atoms with Gasteiger partial charge in [-0.1, -0.05) is 0 Å². The van der Waals surface area contributed by atoms with E-state index < -0.39 is 20.0 Å². The molecule has 114 valence electrons. The summed E-state index contributed by atoms with van der Waals surface area (Å²) in [5, 5.41) is 4.90. The zero-order valence-electron chi connectivity index (χ0n) is 10.7. The Morgan fingerprint density at radius 2 is 1.95 bits per heavy atom. The van der Waals surface area contributed by atoms with E-state index >= 15 is 0 Å². The molecule has 0 spiro atoms. The second-order valence-electron chi connectivity index (χ2n) is 4.13. The van der Waals surface area contributed by atoms with Crippen LogP contribution in [0.4, 0.5) is 5.69 Å². The smallest absolute Gasteiger partial charge is 0.279 e. The molecule has 21 heavy (non-hydrogen) atoms. The summed E-state index contributed by atoms with van der Waals surface area (Å²) in [5.74, 6) is 0.457. The molecule has 2 aromatic rings. The first-order chi connectivity index (χ1) is 9.59. The molecule has 0 aliphatic rings. The molecule has 0 fully saturated rings. The first-order valence-electron chi connectivity index (χ1n) is 5.46. The number of imidazole rings is 1. The van der Waals surface area contributed by atoms with Crippen LogP contribution in [0.15, 0.2) is 38.8 Å². The maximum atomic E-state index is 12.1. The monoisotopic (exact) mass is 394 g/mol. The molecule has 0 amide bonds. The fourth-order valence-corrected chi connectivity index (χ4v) is 3.84. The number of anilines is 1. The van der Waals surface area contributed by atoms with Crippen LogP contribution < -0.4 is 9.86 Å². The molecule has 4 N–H and O–H groups in total. The molecule has 1 aromatic heterocycles. The molecular formula is C10H11BrN4O4S2. The van der Waals surface area contributed by atoms with Crippen molar-refractivity contribution in [3.63, 3.8) is 0 Å². The number of nitrogens with zero attached hydrogens (tertiary/aromatic N) is 1. The highest BCUT2D eigenvalue weighted by atomic mass is 79.9. The molecule has 0 aliphatic carbocycles. The van der Waals surface area contributed by atoms with E-state index in [1.54, 1.807) is 6.92 Å². The van der Waals surface area contributed by atoms with E-state index in [0.717, 1.165) is 0 Å². The van der Waals surface area contributed by atoms with Crippen LogP contribution in [0.1, 0.15) is 5.82 Å². The van der Waals surface area contributed by atoms with Gasteiger partial charge >= 0.3 is 0 Å². The minimum absolute atomic E-state index is 0.0950. The number of H-pyrrole nitrogens is 1. The Morgan fingerprint density at radius 1 is 1.29 bits per heavy atom. The molecule has 0 radical (unpaired) electrons. The van der Waals surface area contributed by atoms with Crippen molar-refractivity contribution in [3.8, 4) is 0 Å². The quantitative estimate of drug-likeness (QED) is 0.708. The first kappa shape index (κ1) is 15.9. The third-order valence-electron chi connectivity index (χ3n) is 2.48. The van der Waals surface area contributed by atoms with E-state index in [2.05, 4.69) is 30.6 Å². The number of hydrogen-bond acceptors (Lipinski definition) is 5. The molecule has 0 aliphatic heterocycles. The average Bonchev–Trinajstić information content (AvgIpc) is 2.78. The maximum Gasteiger partial charge on any atom is 0.279 e. The van der Waals surface area contributed by atoms with Gasteiger partial charge in [-0.2, -0.15) is 8.42 Å². The number of sulfonamides is 2. The number of halogens is 1. The Labute approximate surface area is 130 Å². The van der Waals surface area contributed by atoms with E-state index in [-0.39, 0.29) is 20.1 Å². The van der Waals surface area contributed by atoms with Crippen molar-refractivity contribution in [1.82, 2.24) is 9.97 Å². The standard InChI is InChI=1S/C10H11BrN4O4S2/c1-6-13-5-10(14-6)21(18,19)15-9-3-2-7(4-8(9)11)20(12,16)17/h2-5,15H,1H3,(H,13,14)(H2,12,16,17). The second kappa shape index (κ2) is 5.40. The summed E-state index contributed by atoms with van der Waals surface area (Å²) in [6.45, 7) is 1.62. The largest absolute Gasteiger partial charge is 0.332 e. The summed E-state index contributed by atoms with van der Waals surface area (Å²) in [4.78, 5) is 6.28. The molecule has 1 heterocycles. The van der Waals surface area contributed by atoms with Crippen LogP contribution in [0.3, 0.4) is 0 Å². The van der Waals surface area contributed by atoms with Crippen LogP contribution in [0, 0.1) is 6.92 Å². The van der Waals surface area contributed by atoms with Gasteiger partial charge in [-0.3, -0.25) is 4.72 Å². The normalized spacial score (nSPS) is 12.3. The van der Waals surface area contributed by atoms with Crippen LogP contribution in [0.5, 0.6) is 0 Å². The Morgan fingerprint density at radius 3 is 2.43 bits per heavy atom. The van der Waals surface area contributed by atoms with Gasteiger partial charge in [0.2, 0.25) is 10.0 Å². The third-order valence-corrected chi connectivity index (χ3v) is 5.32. The molecule has 0 atom stereocenters. The van der Waals surface area contributed by atoms with Gasteiger partial charge in [0.15, 0.2) is 5.03 Å². The van der Waals surface area contributed by atoms with Crippen LogP contribution in [0.25, 0.3) is 0 Å². The van der Waals surface area contributed by atoms with Crippen LogP contribution in [-0.4, -0.2) is 26.8 Å². The summed E-state index contributed by atoms with van der Waals surface area (Å²) in [6.07, 6.45) is 1.18. The van der Waals surface area contributed by atoms with Crippen molar-refractivity contribution >= 4 is 41.7 Å². The van der Waals surface area contributed by atoms with Crippen LogP contribution in [-0.2, 0) is 20.0 Å². The molecule has 0 unspecified atom stereocenters.